The molecule has 0 saturated carbocycles. The van der Waals surface area contributed by atoms with Crippen LogP contribution >= 0.6 is 0 Å². The summed E-state index contributed by atoms with van der Waals surface area (Å²) in [7, 11) is -14.3. The molecule has 0 aliphatic rings. The van der Waals surface area contributed by atoms with Crippen molar-refractivity contribution in [1.82, 2.24) is 0 Å². The van der Waals surface area contributed by atoms with Crippen LogP contribution in [0.25, 0.3) is 10.8 Å². The Balaban J connectivity index is 2.23. The number of benzene rings is 3. The highest BCUT2D eigenvalue weighted by Gasteiger charge is 2.24. The van der Waals surface area contributed by atoms with Gasteiger partial charge < -0.3 is 15.0 Å². The molecule has 32 heavy (non-hydrogen) atoms. The van der Waals surface area contributed by atoms with E-state index in [1.54, 1.807) is 0 Å². The summed E-state index contributed by atoms with van der Waals surface area (Å²) in [5, 5.41) is 8.83. The Kier molecular flexibility index (Phi) is 5.65. The molecule has 3 aromatic rings. The lowest BCUT2D eigenvalue weighted by Gasteiger charge is -2.12. The number of anilines is 1. The normalized spacial score (nSPS) is 12.6. The Hall–Kier alpha value is -3.24. The van der Waals surface area contributed by atoms with Crippen molar-refractivity contribution >= 4 is 52.8 Å². The Bertz CT molecular complexity index is 1590. The molecule has 0 heterocycles. The molecule has 0 aromatic heterocycles. The van der Waals surface area contributed by atoms with Crippen LogP contribution in [0.4, 0.5) is 5.69 Å². The zero-order valence-electron chi connectivity index (χ0n) is 15.5. The molecular formula is C17H13NO11S3. The van der Waals surface area contributed by atoms with Crippen molar-refractivity contribution in [3.8, 4) is 5.75 Å². The van der Waals surface area contributed by atoms with E-state index in [0.717, 1.165) is 42.5 Å². The lowest BCUT2D eigenvalue weighted by Crippen LogP contribution is -2.13. The van der Waals surface area contributed by atoms with Crippen molar-refractivity contribution in [3.63, 3.8) is 0 Å². The summed E-state index contributed by atoms with van der Waals surface area (Å²) in [5.41, 5.74) is 4.76. The fraction of sp³-hybridized carbons (Fsp3) is 0. The van der Waals surface area contributed by atoms with Crippen LogP contribution in [0.3, 0.4) is 0 Å². The minimum absolute atomic E-state index is 0.0951. The lowest BCUT2D eigenvalue weighted by atomic mass is 10.1. The standard InChI is InChI=1S/C17H13NO11S3/c18-15-4-2-11(7-14(15)17(19)20)32(27,28)29-16-8-12(31(24,25)26)6-9-5-10(30(21,22)23)1-3-13(9)16/h1-8H,18H2,(H,19,20)(H,21,22,23)(H,24,25,26). The predicted octanol–water partition coefficient (Wildman–Crippen LogP) is 1.38. The molecule has 0 fully saturated rings. The average molecular weight is 503 g/mol. The molecule has 0 aliphatic heterocycles. The number of nitrogen functional groups attached to an aromatic ring is 1. The van der Waals surface area contributed by atoms with Gasteiger partial charge in [0.15, 0.2) is 5.75 Å². The molecule has 12 nitrogen and oxygen atoms in total. The summed E-state index contributed by atoms with van der Waals surface area (Å²) >= 11 is 0. The molecule has 0 saturated heterocycles. The highest BCUT2D eigenvalue weighted by Crippen LogP contribution is 2.33. The van der Waals surface area contributed by atoms with Gasteiger partial charge >= 0.3 is 16.1 Å². The lowest BCUT2D eigenvalue weighted by molar-refractivity contribution is 0.0697. The van der Waals surface area contributed by atoms with Crippen molar-refractivity contribution in [3.05, 3.63) is 54.1 Å². The van der Waals surface area contributed by atoms with Crippen molar-refractivity contribution < 1.29 is 48.4 Å². The van der Waals surface area contributed by atoms with Crippen LogP contribution in [0.1, 0.15) is 10.4 Å². The summed E-state index contributed by atoms with van der Waals surface area (Å²) < 4.78 is 94.9. The van der Waals surface area contributed by atoms with Gasteiger partial charge in [-0.1, -0.05) is 0 Å². The SMILES string of the molecule is Nc1ccc(S(=O)(=O)Oc2cc(S(=O)(=O)O)cc3cc(S(=O)(=O)O)ccc23)cc1C(=O)O. The number of hydrogen-bond donors (Lipinski definition) is 4. The highest BCUT2D eigenvalue weighted by atomic mass is 32.2. The monoisotopic (exact) mass is 503 g/mol. The van der Waals surface area contributed by atoms with Crippen LogP contribution in [-0.2, 0) is 30.4 Å². The van der Waals surface area contributed by atoms with Crippen LogP contribution < -0.4 is 9.92 Å². The van der Waals surface area contributed by atoms with Gasteiger partial charge in [0.25, 0.3) is 20.2 Å². The number of carboxylic acids is 1. The highest BCUT2D eigenvalue weighted by molar-refractivity contribution is 7.87. The maximum absolute atomic E-state index is 12.7. The van der Waals surface area contributed by atoms with E-state index in [-0.39, 0.29) is 16.5 Å². The minimum Gasteiger partial charge on any atom is -0.478 e. The molecule has 0 amide bonds. The van der Waals surface area contributed by atoms with E-state index in [9.17, 15) is 39.2 Å². The fourth-order valence-electron chi connectivity index (χ4n) is 2.71. The Morgan fingerprint density at radius 2 is 1.34 bits per heavy atom. The topological polar surface area (TPSA) is 215 Å². The second-order valence-corrected chi connectivity index (χ2v) is 10.7. The first-order valence-electron chi connectivity index (χ1n) is 8.20. The molecular weight excluding hydrogens is 490 g/mol. The van der Waals surface area contributed by atoms with Gasteiger partial charge in [-0.25, -0.2) is 4.79 Å². The van der Waals surface area contributed by atoms with Gasteiger partial charge in [0.05, 0.1) is 15.4 Å². The smallest absolute Gasteiger partial charge is 0.339 e. The average Bonchev–Trinajstić information content (AvgIpc) is 2.65. The number of carboxylic acid groups (broad SMARTS) is 1. The molecule has 170 valence electrons. The van der Waals surface area contributed by atoms with Gasteiger partial charge in [0.2, 0.25) is 0 Å². The first-order valence-corrected chi connectivity index (χ1v) is 12.5. The molecule has 0 bridgehead atoms. The number of carbonyl (C=O) groups is 1. The van der Waals surface area contributed by atoms with Gasteiger partial charge in [-0.2, -0.15) is 25.3 Å². The van der Waals surface area contributed by atoms with Crippen LogP contribution in [0.2, 0.25) is 0 Å². The molecule has 0 radical (unpaired) electrons. The Labute approximate surface area is 181 Å². The first-order chi connectivity index (χ1) is 14.6. The molecule has 5 N–H and O–H groups in total. The molecule has 0 spiro atoms. The maximum Gasteiger partial charge on any atom is 0.339 e. The second kappa shape index (κ2) is 7.72. The van der Waals surface area contributed by atoms with E-state index in [1.165, 1.54) is 0 Å². The van der Waals surface area contributed by atoms with Crippen LogP contribution in [0, 0.1) is 0 Å². The van der Waals surface area contributed by atoms with Crippen molar-refractivity contribution in [2.24, 2.45) is 0 Å². The molecule has 0 aliphatic carbocycles. The van der Waals surface area contributed by atoms with E-state index in [4.69, 9.17) is 15.0 Å². The van der Waals surface area contributed by atoms with Crippen molar-refractivity contribution in [1.29, 1.82) is 0 Å². The largest absolute Gasteiger partial charge is 0.478 e. The summed E-state index contributed by atoms with van der Waals surface area (Å²) in [6, 6.07) is 7.02. The summed E-state index contributed by atoms with van der Waals surface area (Å²) in [6.45, 7) is 0. The number of fused-ring (bicyclic) bond motifs is 1. The van der Waals surface area contributed by atoms with Crippen LogP contribution in [0.5, 0.6) is 5.75 Å². The first kappa shape index (κ1) is 23.4. The maximum atomic E-state index is 12.7. The third-order valence-electron chi connectivity index (χ3n) is 4.20. The number of aromatic carboxylic acids is 1. The minimum atomic E-state index is -4.89. The van der Waals surface area contributed by atoms with E-state index in [0.29, 0.717) is 6.07 Å². The van der Waals surface area contributed by atoms with E-state index in [1.807, 2.05) is 0 Å². The zero-order chi connectivity index (χ0) is 24.1. The van der Waals surface area contributed by atoms with Crippen LogP contribution in [0.15, 0.2) is 63.2 Å². The number of hydrogen-bond acceptors (Lipinski definition) is 9. The Morgan fingerprint density at radius 1 is 0.781 bits per heavy atom. The quantitative estimate of drug-likeness (QED) is 0.213. The van der Waals surface area contributed by atoms with Crippen molar-refractivity contribution in [2.75, 3.05) is 5.73 Å². The van der Waals surface area contributed by atoms with Gasteiger partial charge in [-0.3, -0.25) is 9.11 Å². The summed E-state index contributed by atoms with van der Waals surface area (Å²) in [6.07, 6.45) is 0. The van der Waals surface area contributed by atoms with Gasteiger partial charge in [-0.05, 0) is 47.9 Å². The predicted molar refractivity (Wildman–Crippen MR) is 109 cm³/mol. The summed E-state index contributed by atoms with van der Waals surface area (Å²) in [5.74, 6) is -2.12. The Morgan fingerprint density at radius 3 is 1.91 bits per heavy atom. The number of rotatable bonds is 6. The number of nitrogens with two attached hydrogens (primary N) is 1. The van der Waals surface area contributed by atoms with Gasteiger partial charge in [-0.15, -0.1) is 0 Å². The van der Waals surface area contributed by atoms with Crippen LogP contribution in [-0.4, -0.2) is 45.4 Å². The van der Waals surface area contributed by atoms with Crippen molar-refractivity contribution in [2.45, 2.75) is 14.7 Å². The van der Waals surface area contributed by atoms with Gasteiger partial charge in [0, 0.05) is 17.1 Å². The molecule has 3 aromatic carbocycles. The third kappa shape index (κ3) is 4.66. The third-order valence-corrected chi connectivity index (χ3v) is 7.11. The second-order valence-electron chi connectivity index (χ2n) is 6.35. The molecule has 0 unspecified atom stereocenters. The zero-order valence-corrected chi connectivity index (χ0v) is 18.0. The van der Waals surface area contributed by atoms with Gasteiger partial charge in [0.1, 0.15) is 4.90 Å². The summed E-state index contributed by atoms with van der Waals surface area (Å²) in [4.78, 5) is 9.14. The fourth-order valence-corrected chi connectivity index (χ4v) is 4.72. The van der Waals surface area contributed by atoms with E-state index in [2.05, 4.69) is 0 Å². The van der Waals surface area contributed by atoms with E-state index >= 15 is 0 Å². The molecule has 15 heteroatoms. The molecule has 0 atom stereocenters. The van der Waals surface area contributed by atoms with E-state index < -0.39 is 62.3 Å². The molecule has 3 rings (SSSR count).